The highest BCUT2D eigenvalue weighted by Gasteiger charge is 2.13. The van der Waals surface area contributed by atoms with Crippen LogP contribution in [-0.2, 0) is 11.3 Å². The smallest absolute Gasteiger partial charge is 0.233 e. The van der Waals surface area contributed by atoms with Crippen LogP contribution in [0.1, 0.15) is 12.7 Å². The monoisotopic (exact) mass is 329 g/mol. The van der Waals surface area contributed by atoms with Gasteiger partial charge in [0, 0.05) is 7.05 Å². The van der Waals surface area contributed by atoms with Crippen LogP contribution in [0.15, 0.2) is 31.5 Å². The number of amides is 1. The molecule has 2 aromatic rings. The van der Waals surface area contributed by atoms with Crippen LogP contribution in [0.25, 0.3) is 0 Å². The quantitative estimate of drug-likeness (QED) is 0.728. The van der Waals surface area contributed by atoms with E-state index in [0.29, 0.717) is 12.3 Å². The van der Waals surface area contributed by atoms with Gasteiger partial charge < -0.3 is 9.32 Å². The number of hydrogen-bond acceptors (Lipinski definition) is 7. The summed E-state index contributed by atoms with van der Waals surface area (Å²) in [6, 6.07) is 3.67. The van der Waals surface area contributed by atoms with E-state index in [1.54, 1.807) is 30.0 Å². The SMILES string of the molecule is CCSc1nnc(SCC(=O)N(C)Cc2ccco2)s1. The molecular weight excluding hydrogens is 314 g/mol. The van der Waals surface area contributed by atoms with Gasteiger partial charge in [0.05, 0.1) is 18.6 Å². The van der Waals surface area contributed by atoms with Gasteiger partial charge in [-0.15, -0.1) is 10.2 Å². The summed E-state index contributed by atoms with van der Waals surface area (Å²) in [5.41, 5.74) is 0. The molecule has 2 aromatic heterocycles. The molecule has 20 heavy (non-hydrogen) atoms. The van der Waals surface area contributed by atoms with E-state index in [9.17, 15) is 4.79 Å². The van der Waals surface area contributed by atoms with Gasteiger partial charge in [0.2, 0.25) is 5.91 Å². The normalized spacial score (nSPS) is 10.7. The van der Waals surface area contributed by atoms with Crippen molar-refractivity contribution in [2.24, 2.45) is 0 Å². The molecule has 0 aliphatic carbocycles. The molecule has 0 aromatic carbocycles. The van der Waals surface area contributed by atoms with Gasteiger partial charge in [-0.2, -0.15) is 0 Å². The van der Waals surface area contributed by atoms with Crippen LogP contribution in [0.5, 0.6) is 0 Å². The molecule has 0 atom stereocenters. The first-order chi connectivity index (χ1) is 9.69. The van der Waals surface area contributed by atoms with Crippen molar-refractivity contribution in [3.8, 4) is 0 Å². The predicted octanol–water partition coefficient (Wildman–Crippen LogP) is 2.99. The second kappa shape index (κ2) is 7.70. The molecule has 0 spiro atoms. The van der Waals surface area contributed by atoms with Crippen molar-refractivity contribution in [1.29, 1.82) is 0 Å². The highest BCUT2D eigenvalue weighted by Crippen LogP contribution is 2.28. The second-order valence-electron chi connectivity index (χ2n) is 3.88. The van der Waals surface area contributed by atoms with Gasteiger partial charge >= 0.3 is 0 Å². The van der Waals surface area contributed by atoms with Crippen LogP contribution in [-0.4, -0.2) is 39.6 Å². The van der Waals surface area contributed by atoms with Crippen LogP contribution in [0.4, 0.5) is 0 Å². The van der Waals surface area contributed by atoms with Crippen molar-refractivity contribution in [3.05, 3.63) is 24.2 Å². The standard InChI is InChI=1S/C12H15N3O2S3/c1-3-18-11-13-14-12(20-11)19-8-10(16)15(2)7-9-5-4-6-17-9/h4-6H,3,7-8H2,1-2H3. The maximum Gasteiger partial charge on any atom is 0.233 e. The van der Waals surface area contributed by atoms with Gasteiger partial charge in [0.1, 0.15) is 5.76 Å². The molecule has 0 radical (unpaired) electrons. The summed E-state index contributed by atoms with van der Waals surface area (Å²) < 4.78 is 7.01. The average molecular weight is 329 g/mol. The number of carbonyl (C=O) groups excluding carboxylic acids is 1. The van der Waals surface area contributed by atoms with E-state index in [-0.39, 0.29) is 5.91 Å². The van der Waals surface area contributed by atoms with Gasteiger partial charge in [0.25, 0.3) is 0 Å². The van der Waals surface area contributed by atoms with Crippen LogP contribution in [0.2, 0.25) is 0 Å². The van der Waals surface area contributed by atoms with Gasteiger partial charge in [-0.05, 0) is 17.9 Å². The van der Waals surface area contributed by atoms with E-state index in [1.807, 2.05) is 12.1 Å². The molecular formula is C12H15N3O2S3. The molecule has 0 fully saturated rings. The Kier molecular flexibility index (Phi) is 5.93. The summed E-state index contributed by atoms with van der Waals surface area (Å²) in [5, 5.41) is 8.12. The largest absolute Gasteiger partial charge is 0.467 e. The van der Waals surface area contributed by atoms with Crippen molar-refractivity contribution >= 4 is 40.8 Å². The van der Waals surface area contributed by atoms with Crippen molar-refractivity contribution in [2.75, 3.05) is 18.6 Å². The Bertz CT molecular complexity index is 542. The Morgan fingerprint density at radius 2 is 2.15 bits per heavy atom. The van der Waals surface area contributed by atoms with Gasteiger partial charge in [-0.1, -0.05) is 41.8 Å². The molecule has 0 unspecified atom stereocenters. The predicted molar refractivity (Wildman–Crippen MR) is 82.2 cm³/mol. The third-order valence-electron chi connectivity index (χ3n) is 2.37. The Labute approximate surface area is 130 Å². The number of thioether (sulfide) groups is 2. The Morgan fingerprint density at radius 3 is 2.80 bits per heavy atom. The molecule has 8 heteroatoms. The molecule has 0 aliphatic rings. The fraction of sp³-hybridized carbons (Fsp3) is 0.417. The first kappa shape index (κ1) is 15.4. The molecule has 5 nitrogen and oxygen atoms in total. The Balaban J connectivity index is 1.78. The molecule has 0 N–H and O–H groups in total. The maximum atomic E-state index is 12.0. The second-order valence-corrected chi connectivity index (χ2v) is 7.60. The number of aromatic nitrogens is 2. The molecule has 1 amide bonds. The van der Waals surface area contributed by atoms with E-state index in [1.165, 1.54) is 23.1 Å². The third kappa shape index (κ3) is 4.53. The molecule has 0 saturated heterocycles. The fourth-order valence-corrected chi connectivity index (χ4v) is 4.25. The molecule has 0 bridgehead atoms. The van der Waals surface area contributed by atoms with Gasteiger partial charge in [-0.3, -0.25) is 4.79 Å². The minimum atomic E-state index is 0.0475. The van der Waals surface area contributed by atoms with Gasteiger partial charge in [0.15, 0.2) is 8.68 Å². The zero-order chi connectivity index (χ0) is 14.4. The minimum Gasteiger partial charge on any atom is -0.467 e. The highest BCUT2D eigenvalue weighted by molar-refractivity contribution is 8.03. The Hall–Kier alpha value is -0.990. The van der Waals surface area contributed by atoms with Crippen LogP contribution >= 0.6 is 34.9 Å². The summed E-state index contributed by atoms with van der Waals surface area (Å²) in [4.78, 5) is 13.6. The zero-order valence-electron chi connectivity index (χ0n) is 11.2. The van der Waals surface area contributed by atoms with E-state index in [4.69, 9.17) is 4.42 Å². The number of nitrogens with zero attached hydrogens (tertiary/aromatic N) is 3. The summed E-state index contributed by atoms with van der Waals surface area (Å²) in [6.45, 7) is 2.56. The zero-order valence-corrected chi connectivity index (χ0v) is 13.7. The molecule has 2 heterocycles. The number of carbonyl (C=O) groups is 1. The highest BCUT2D eigenvalue weighted by atomic mass is 32.2. The lowest BCUT2D eigenvalue weighted by Gasteiger charge is -2.14. The van der Waals surface area contributed by atoms with E-state index >= 15 is 0 Å². The molecule has 0 saturated carbocycles. The lowest BCUT2D eigenvalue weighted by Crippen LogP contribution is -2.27. The lowest BCUT2D eigenvalue weighted by atomic mass is 10.4. The van der Waals surface area contributed by atoms with E-state index in [2.05, 4.69) is 17.1 Å². The first-order valence-electron chi connectivity index (χ1n) is 6.04. The van der Waals surface area contributed by atoms with Crippen LogP contribution in [0.3, 0.4) is 0 Å². The molecule has 108 valence electrons. The first-order valence-corrected chi connectivity index (χ1v) is 8.83. The molecule has 0 aliphatic heterocycles. The van der Waals surface area contributed by atoms with Gasteiger partial charge in [-0.25, -0.2) is 0 Å². The van der Waals surface area contributed by atoms with Crippen LogP contribution < -0.4 is 0 Å². The Morgan fingerprint density at radius 1 is 1.40 bits per heavy atom. The summed E-state index contributed by atoms with van der Waals surface area (Å²) in [7, 11) is 1.77. The lowest BCUT2D eigenvalue weighted by molar-refractivity contribution is -0.127. The van der Waals surface area contributed by atoms with Crippen molar-refractivity contribution < 1.29 is 9.21 Å². The van der Waals surface area contributed by atoms with E-state index in [0.717, 1.165) is 20.2 Å². The third-order valence-corrected chi connectivity index (χ3v) is 5.43. The maximum absolute atomic E-state index is 12.0. The van der Waals surface area contributed by atoms with E-state index < -0.39 is 0 Å². The minimum absolute atomic E-state index is 0.0475. The number of rotatable bonds is 7. The molecule has 2 rings (SSSR count). The van der Waals surface area contributed by atoms with Crippen LogP contribution in [0, 0.1) is 0 Å². The summed E-state index contributed by atoms with van der Waals surface area (Å²) in [5.74, 6) is 2.17. The fourth-order valence-electron chi connectivity index (χ4n) is 1.40. The summed E-state index contributed by atoms with van der Waals surface area (Å²) in [6.07, 6.45) is 1.61. The topological polar surface area (TPSA) is 59.2 Å². The van der Waals surface area contributed by atoms with Crippen molar-refractivity contribution in [1.82, 2.24) is 15.1 Å². The summed E-state index contributed by atoms with van der Waals surface area (Å²) >= 11 is 4.62. The average Bonchev–Trinajstić information content (AvgIpc) is 3.08. The van der Waals surface area contributed by atoms with Crippen molar-refractivity contribution in [3.63, 3.8) is 0 Å². The number of hydrogen-bond donors (Lipinski definition) is 0. The number of furan rings is 1. The van der Waals surface area contributed by atoms with Crippen molar-refractivity contribution in [2.45, 2.75) is 22.1 Å².